The van der Waals surface area contributed by atoms with E-state index in [4.69, 9.17) is 15.2 Å². The number of esters is 1. The maximum absolute atomic E-state index is 12.0. The zero-order chi connectivity index (χ0) is 19.7. The van der Waals surface area contributed by atoms with Crippen LogP contribution in [0.25, 0.3) is 0 Å². The van der Waals surface area contributed by atoms with Crippen LogP contribution in [0.1, 0.15) is 33.3 Å². The van der Waals surface area contributed by atoms with Crippen molar-refractivity contribution in [2.75, 3.05) is 6.54 Å². The molecule has 1 aromatic carbocycles. The third-order valence-corrected chi connectivity index (χ3v) is 3.15. The maximum atomic E-state index is 12.0. The van der Waals surface area contributed by atoms with E-state index in [9.17, 15) is 14.4 Å². The summed E-state index contributed by atoms with van der Waals surface area (Å²) in [6, 6.07) is 7.34. The Morgan fingerprint density at radius 3 is 2.35 bits per heavy atom. The minimum atomic E-state index is -1.00. The standard InChI is InChI=1S/C18H27N3O5/c1-12(21-17(24)26-18(2,3)4)15(22)20-10-14(19)16(23)25-11-13-8-6-5-7-9-13/h5-9,12,14H,10-11,19H2,1-4H3,(H,20,22)(H,21,24)/t12-,14-/m0/s1. The normalized spacial score (nSPS) is 13.3. The molecule has 0 fully saturated rings. The Balaban J connectivity index is 2.33. The van der Waals surface area contributed by atoms with Gasteiger partial charge >= 0.3 is 12.1 Å². The van der Waals surface area contributed by atoms with E-state index in [0.717, 1.165) is 5.56 Å². The molecule has 0 radical (unpaired) electrons. The number of amides is 2. The van der Waals surface area contributed by atoms with E-state index in [1.54, 1.807) is 20.8 Å². The van der Waals surface area contributed by atoms with Crippen molar-refractivity contribution in [1.29, 1.82) is 0 Å². The van der Waals surface area contributed by atoms with Gasteiger partial charge in [0.05, 0.1) is 0 Å². The van der Waals surface area contributed by atoms with Crippen LogP contribution in [0.3, 0.4) is 0 Å². The average Bonchev–Trinajstić information content (AvgIpc) is 2.56. The Labute approximate surface area is 153 Å². The van der Waals surface area contributed by atoms with Crippen molar-refractivity contribution in [3.8, 4) is 0 Å². The van der Waals surface area contributed by atoms with Crippen molar-refractivity contribution >= 4 is 18.0 Å². The van der Waals surface area contributed by atoms with Crippen molar-refractivity contribution < 1.29 is 23.9 Å². The fourth-order valence-corrected chi connectivity index (χ4v) is 1.83. The number of carbonyl (C=O) groups is 3. The largest absolute Gasteiger partial charge is 0.460 e. The van der Waals surface area contributed by atoms with Crippen LogP contribution in [0.4, 0.5) is 4.79 Å². The number of hydrogen-bond donors (Lipinski definition) is 3. The number of benzene rings is 1. The Kier molecular flexibility index (Phi) is 8.05. The second-order valence-corrected chi connectivity index (χ2v) is 6.81. The Bertz CT molecular complexity index is 613. The summed E-state index contributed by atoms with van der Waals surface area (Å²) in [4.78, 5) is 35.4. The highest BCUT2D eigenvalue weighted by atomic mass is 16.6. The number of alkyl carbamates (subject to hydrolysis) is 1. The van der Waals surface area contributed by atoms with Gasteiger partial charge in [-0.1, -0.05) is 30.3 Å². The summed E-state index contributed by atoms with van der Waals surface area (Å²) >= 11 is 0. The molecule has 0 spiro atoms. The monoisotopic (exact) mass is 365 g/mol. The predicted molar refractivity (Wildman–Crippen MR) is 96.1 cm³/mol. The Hall–Kier alpha value is -2.61. The molecule has 0 bridgehead atoms. The van der Waals surface area contributed by atoms with E-state index in [0.29, 0.717) is 0 Å². The van der Waals surface area contributed by atoms with E-state index in [2.05, 4.69) is 10.6 Å². The molecule has 0 saturated carbocycles. The molecule has 8 nitrogen and oxygen atoms in total. The number of ether oxygens (including phenoxy) is 2. The first-order valence-corrected chi connectivity index (χ1v) is 8.32. The van der Waals surface area contributed by atoms with Crippen LogP contribution >= 0.6 is 0 Å². The van der Waals surface area contributed by atoms with E-state index in [1.807, 2.05) is 30.3 Å². The highest BCUT2D eigenvalue weighted by Gasteiger charge is 2.22. The number of hydrogen-bond acceptors (Lipinski definition) is 6. The maximum Gasteiger partial charge on any atom is 0.408 e. The Morgan fingerprint density at radius 2 is 1.77 bits per heavy atom. The molecular weight excluding hydrogens is 338 g/mol. The number of carbonyl (C=O) groups excluding carboxylic acids is 3. The second kappa shape index (κ2) is 9.76. The van der Waals surface area contributed by atoms with Crippen LogP contribution in [0.2, 0.25) is 0 Å². The highest BCUT2D eigenvalue weighted by molar-refractivity contribution is 5.86. The van der Waals surface area contributed by atoms with Crippen LogP contribution in [0.15, 0.2) is 30.3 Å². The zero-order valence-electron chi connectivity index (χ0n) is 15.6. The topological polar surface area (TPSA) is 120 Å². The van der Waals surface area contributed by atoms with Gasteiger partial charge in [0.15, 0.2) is 0 Å². The predicted octanol–water partition coefficient (Wildman–Crippen LogP) is 1.09. The van der Waals surface area contributed by atoms with Crippen molar-refractivity contribution in [1.82, 2.24) is 10.6 Å². The SMILES string of the molecule is C[C@H](NC(=O)OC(C)(C)C)C(=O)NC[C@H](N)C(=O)OCc1ccccc1. The summed E-state index contributed by atoms with van der Waals surface area (Å²) in [6.45, 7) is 6.66. The summed E-state index contributed by atoms with van der Waals surface area (Å²) in [5, 5.41) is 4.90. The quantitative estimate of drug-likeness (QED) is 0.622. The first kappa shape index (κ1) is 21.4. The summed E-state index contributed by atoms with van der Waals surface area (Å²) in [5.74, 6) is -1.11. The van der Waals surface area contributed by atoms with Crippen LogP contribution in [0, 0.1) is 0 Å². The van der Waals surface area contributed by atoms with E-state index in [1.165, 1.54) is 6.92 Å². The molecule has 2 amide bonds. The van der Waals surface area contributed by atoms with Gasteiger partial charge in [0.25, 0.3) is 0 Å². The van der Waals surface area contributed by atoms with Gasteiger partial charge in [0.2, 0.25) is 5.91 Å². The molecule has 4 N–H and O–H groups in total. The number of nitrogens with two attached hydrogens (primary N) is 1. The molecule has 1 aromatic rings. The fourth-order valence-electron chi connectivity index (χ4n) is 1.83. The summed E-state index contributed by atoms with van der Waals surface area (Å²) in [6.07, 6.45) is -0.702. The van der Waals surface area contributed by atoms with Crippen molar-refractivity contribution in [2.45, 2.75) is 52.0 Å². The smallest absolute Gasteiger partial charge is 0.408 e. The fraction of sp³-hybridized carbons (Fsp3) is 0.500. The first-order valence-electron chi connectivity index (χ1n) is 8.32. The minimum Gasteiger partial charge on any atom is -0.460 e. The zero-order valence-corrected chi connectivity index (χ0v) is 15.6. The molecule has 0 aliphatic heterocycles. The van der Waals surface area contributed by atoms with E-state index >= 15 is 0 Å². The summed E-state index contributed by atoms with van der Waals surface area (Å²) in [5.41, 5.74) is 5.89. The molecule has 0 unspecified atom stereocenters. The highest BCUT2D eigenvalue weighted by Crippen LogP contribution is 2.06. The van der Waals surface area contributed by atoms with Gasteiger partial charge < -0.3 is 25.8 Å². The van der Waals surface area contributed by atoms with Crippen molar-refractivity contribution in [3.63, 3.8) is 0 Å². The lowest BCUT2D eigenvalue weighted by molar-refractivity contribution is -0.146. The molecule has 0 heterocycles. The third-order valence-electron chi connectivity index (χ3n) is 3.15. The van der Waals surface area contributed by atoms with Crippen LogP contribution < -0.4 is 16.4 Å². The molecule has 2 atom stereocenters. The second-order valence-electron chi connectivity index (χ2n) is 6.81. The van der Waals surface area contributed by atoms with Crippen LogP contribution in [0.5, 0.6) is 0 Å². The lowest BCUT2D eigenvalue weighted by Crippen LogP contribution is -2.50. The molecule has 1 rings (SSSR count). The Morgan fingerprint density at radius 1 is 1.15 bits per heavy atom. The van der Waals surface area contributed by atoms with Crippen molar-refractivity contribution in [2.24, 2.45) is 5.73 Å². The molecule has 0 aliphatic carbocycles. The summed E-state index contributed by atoms with van der Waals surface area (Å²) < 4.78 is 10.2. The average molecular weight is 365 g/mol. The van der Waals surface area contributed by atoms with Gasteiger partial charge in [-0.05, 0) is 33.3 Å². The molecular formula is C18H27N3O5. The van der Waals surface area contributed by atoms with Gasteiger partial charge in [-0.2, -0.15) is 0 Å². The van der Waals surface area contributed by atoms with Gasteiger partial charge in [-0.15, -0.1) is 0 Å². The van der Waals surface area contributed by atoms with E-state index < -0.39 is 35.7 Å². The number of nitrogens with one attached hydrogen (secondary N) is 2. The number of rotatable bonds is 7. The minimum absolute atomic E-state index is 0.104. The summed E-state index contributed by atoms with van der Waals surface area (Å²) in [7, 11) is 0. The van der Waals surface area contributed by atoms with Gasteiger partial charge in [-0.3, -0.25) is 9.59 Å². The van der Waals surface area contributed by atoms with E-state index in [-0.39, 0.29) is 13.2 Å². The van der Waals surface area contributed by atoms with Crippen molar-refractivity contribution in [3.05, 3.63) is 35.9 Å². The molecule has 8 heteroatoms. The molecule has 26 heavy (non-hydrogen) atoms. The van der Waals surface area contributed by atoms with Crippen LogP contribution in [-0.2, 0) is 25.7 Å². The van der Waals surface area contributed by atoms with Gasteiger partial charge in [-0.25, -0.2) is 4.79 Å². The molecule has 0 aliphatic rings. The first-order chi connectivity index (χ1) is 12.1. The lowest BCUT2D eigenvalue weighted by Gasteiger charge is -2.22. The lowest BCUT2D eigenvalue weighted by atomic mass is 10.2. The van der Waals surface area contributed by atoms with Crippen LogP contribution in [-0.4, -0.2) is 42.2 Å². The third kappa shape index (κ3) is 8.48. The molecule has 0 saturated heterocycles. The molecule has 144 valence electrons. The molecule has 0 aromatic heterocycles. The van der Waals surface area contributed by atoms with Gasteiger partial charge in [0, 0.05) is 6.54 Å². The van der Waals surface area contributed by atoms with Gasteiger partial charge in [0.1, 0.15) is 24.3 Å².